The van der Waals surface area contributed by atoms with E-state index in [1.54, 1.807) is 11.3 Å². The van der Waals surface area contributed by atoms with Crippen molar-refractivity contribution in [2.24, 2.45) is 5.92 Å². The van der Waals surface area contributed by atoms with E-state index in [0.717, 1.165) is 10.7 Å². The molecule has 0 spiro atoms. The van der Waals surface area contributed by atoms with Crippen LogP contribution in [0.5, 0.6) is 0 Å². The molecule has 1 aliphatic carbocycles. The summed E-state index contributed by atoms with van der Waals surface area (Å²) >= 11 is 1.64. The van der Waals surface area contributed by atoms with Crippen LogP contribution in [0.2, 0.25) is 0 Å². The van der Waals surface area contributed by atoms with Crippen LogP contribution in [0.4, 0.5) is 0 Å². The number of nitrogens with zero attached hydrogens (tertiary/aromatic N) is 1. The van der Waals surface area contributed by atoms with E-state index in [2.05, 4.69) is 36.5 Å². The second-order valence-corrected chi connectivity index (χ2v) is 7.45. The third-order valence-corrected chi connectivity index (χ3v) is 4.55. The third kappa shape index (κ3) is 4.30. The van der Waals surface area contributed by atoms with E-state index in [0.29, 0.717) is 18.9 Å². The van der Waals surface area contributed by atoms with Crippen molar-refractivity contribution in [3.63, 3.8) is 0 Å². The quantitative estimate of drug-likeness (QED) is 0.915. The summed E-state index contributed by atoms with van der Waals surface area (Å²) in [7, 11) is 0. The molecule has 1 amide bonds. The van der Waals surface area contributed by atoms with Gasteiger partial charge >= 0.3 is 0 Å². The first-order valence-electron chi connectivity index (χ1n) is 7.17. The Hall–Kier alpha value is -0.900. The van der Waals surface area contributed by atoms with Gasteiger partial charge in [-0.05, 0) is 18.8 Å². The lowest BCUT2D eigenvalue weighted by Gasteiger charge is -2.14. The summed E-state index contributed by atoms with van der Waals surface area (Å²) in [5, 5.41) is 6.10. The van der Waals surface area contributed by atoms with Crippen LogP contribution in [0.1, 0.15) is 63.6 Å². The van der Waals surface area contributed by atoms with E-state index < -0.39 is 0 Å². The number of amides is 1. The highest BCUT2D eigenvalue weighted by atomic mass is 32.1. The standard InChI is InChI=1S/C15H24N2OS/c1-15(2,3)12-10-19-14(17-12)9-16-13(18)8-11-6-4-5-7-11/h10-11H,4-9H2,1-3H3,(H,16,18). The van der Waals surface area contributed by atoms with Gasteiger partial charge in [-0.3, -0.25) is 4.79 Å². The molecular weight excluding hydrogens is 256 g/mol. The summed E-state index contributed by atoms with van der Waals surface area (Å²) < 4.78 is 0. The molecule has 0 aromatic carbocycles. The van der Waals surface area contributed by atoms with Gasteiger partial charge in [0.15, 0.2) is 0 Å². The number of rotatable bonds is 4. The molecule has 1 aliphatic rings. The summed E-state index contributed by atoms with van der Waals surface area (Å²) in [6.45, 7) is 7.05. The maximum Gasteiger partial charge on any atom is 0.220 e. The molecule has 1 aromatic rings. The summed E-state index contributed by atoms with van der Waals surface area (Å²) in [5.74, 6) is 0.792. The van der Waals surface area contributed by atoms with Gasteiger partial charge in [-0.15, -0.1) is 11.3 Å². The predicted molar refractivity (Wildman–Crippen MR) is 79.2 cm³/mol. The lowest BCUT2D eigenvalue weighted by molar-refractivity contribution is -0.122. The second-order valence-electron chi connectivity index (χ2n) is 6.51. The van der Waals surface area contributed by atoms with E-state index in [4.69, 9.17) is 0 Å². The van der Waals surface area contributed by atoms with Gasteiger partial charge in [-0.2, -0.15) is 0 Å². The van der Waals surface area contributed by atoms with Crippen LogP contribution in [0, 0.1) is 5.92 Å². The number of aromatic nitrogens is 1. The van der Waals surface area contributed by atoms with Crippen molar-refractivity contribution in [3.8, 4) is 0 Å². The highest BCUT2D eigenvalue weighted by Gasteiger charge is 2.19. The second kappa shape index (κ2) is 6.04. The van der Waals surface area contributed by atoms with Crippen LogP contribution in [0.25, 0.3) is 0 Å². The van der Waals surface area contributed by atoms with Gasteiger partial charge < -0.3 is 5.32 Å². The van der Waals surface area contributed by atoms with Crippen molar-refractivity contribution in [3.05, 3.63) is 16.1 Å². The molecule has 1 N–H and O–H groups in total. The molecule has 3 nitrogen and oxygen atoms in total. The van der Waals surface area contributed by atoms with Crippen LogP contribution in [-0.4, -0.2) is 10.9 Å². The number of carbonyl (C=O) groups excluding carboxylic acids is 1. The minimum atomic E-state index is 0.0859. The summed E-state index contributed by atoms with van der Waals surface area (Å²) in [6, 6.07) is 0. The molecule has 0 unspecified atom stereocenters. The molecule has 0 aliphatic heterocycles. The Morgan fingerprint density at radius 1 is 1.42 bits per heavy atom. The van der Waals surface area contributed by atoms with E-state index in [9.17, 15) is 4.79 Å². The molecule has 1 heterocycles. The molecule has 0 saturated heterocycles. The number of thiazole rings is 1. The first-order valence-corrected chi connectivity index (χ1v) is 8.04. The van der Waals surface area contributed by atoms with Crippen LogP contribution in [0.15, 0.2) is 5.38 Å². The number of carbonyl (C=O) groups is 1. The molecule has 0 bridgehead atoms. The molecule has 2 rings (SSSR count). The SMILES string of the molecule is CC(C)(C)c1csc(CNC(=O)CC2CCCC2)n1. The fourth-order valence-electron chi connectivity index (χ4n) is 2.46. The van der Waals surface area contributed by atoms with Gasteiger partial charge in [0.05, 0.1) is 12.2 Å². The summed E-state index contributed by atoms with van der Waals surface area (Å²) in [5.41, 5.74) is 1.19. The van der Waals surface area contributed by atoms with Crippen molar-refractivity contribution in [1.29, 1.82) is 0 Å². The molecule has 1 fully saturated rings. The smallest absolute Gasteiger partial charge is 0.220 e. The van der Waals surface area contributed by atoms with Crippen LogP contribution in [-0.2, 0) is 16.8 Å². The summed E-state index contributed by atoms with van der Waals surface area (Å²) in [4.78, 5) is 16.4. The van der Waals surface area contributed by atoms with Crippen LogP contribution < -0.4 is 5.32 Å². The zero-order valence-electron chi connectivity index (χ0n) is 12.2. The van der Waals surface area contributed by atoms with E-state index in [1.165, 1.54) is 25.7 Å². The number of nitrogens with one attached hydrogen (secondary N) is 1. The Morgan fingerprint density at radius 3 is 2.68 bits per heavy atom. The molecule has 0 atom stereocenters. The van der Waals surface area contributed by atoms with Gasteiger partial charge in [0, 0.05) is 17.2 Å². The van der Waals surface area contributed by atoms with E-state index >= 15 is 0 Å². The Kier molecular flexibility index (Phi) is 4.61. The van der Waals surface area contributed by atoms with Gasteiger partial charge in [-0.25, -0.2) is 4.98 Å². The average molecular weight is 280 g/mol. The minimum Gasteiger partial charge on any atom is -0.350 e. The van der Waals surface area contributed by atoms with Crippen LogP contribution in [0.3, 0.4) is 0 Å². The zero-order valence-corrected chi connectivity index (χ0v) is 13.0. The average Bonchev–Trinajstić information content (AvgIpc) is 2.95. The largest absolute Gasteiger partial charge is 0.350 e. The minimum absolute atomic E-state index is 0.0859. The Balaban J connectivity index is 1.78. The lowest BCUT2D eigenvalue weighted by Crippen LogP contribution is -2.24. The number of hydrogen-bond acceptors (Lipinski definition) is 3. The Labute approximate surface area is 119 Å². The molecule has 1 aromatic heterocycles. The van der Waals surface area contributed by atoms with Crippen LogP contribution >= 0.6 is 11.3 Å². The first kappa shape index (κ1) is 14.5. The molecule has 19 heavy (non-hydrogen) atoms. The molecule has 1 saturated carbocycles. The third-order valence-electron chi connectivity index (χ3n) is 3.71. The van der Waals surface area contributed by atoms with Crippen molar-refractivity contribution in [1.82, 2.24) is 10.3 Å². The predicted octanol–water partition coefficient (Wildman–Crippen LogP) is 3.64. The van der Waals surface area contributed by atoms with Crippen molar-refractivity contribution in [2.75, 3.05) is 0 Å². The van der Waals surface area contributed by atoms with Gasteiger partial charge in [-0.1, -0.05) is 33.6 Å². The van der Waals surface area contributed by atoms with E-state index in [1.807, 2.05) is 0 Å². The van der Waals surface area contributed by atoms with Crippen molar-refractivity contribution in [2.45, 2.75) is 64.8 Å². The van der Waals surface area contributed by atoms with Gasteiger partial charge in [0.2, 0.25) is 5.91 Å². The van der Waals surface area contributed by atoms with Gasteiger partial charge in [0.1, 0.15) is 5.01 Å². The Bertz CT molecular complexity index is 428. The topological polar surface area (TPSA) is 42.0 Å². The lowest BCUT2D eigenvalue weighted by atomic mass is 9.93. The maximum atomic E-state index is 11.8. The van der Waals surface area contributed by atoms with Crippen molar-refractivity contribution < 1.29 is 4.79 Å². The molecular formula is C15H24N2OS. The zero-order chi connectivity index (χ0) is 13.9. The molecule has 0 radical (unpaired) electrons. The monoisotopic (exact) mass is 280 g/mol. The van der Waals surface area contributed by atoms with Gasteiger partial charge in [0.25, 0.3) is 0 Å². The van der Waals surface area contributed by atoms with Crippen molar-refractivity contribution >= 4 is 17.2 Å². The number of hydrogen-bond donors (Lipinski definition) is 1. The Morgan fingerprint density at radius 2 is 2.11 bits per heavy atom. The molecule has 106 valence electrons. The normalized spacial score (nSPS) is 16.8. The fourth-order valence-corrected chi connectivity index (χ4v) is 3.42. The van der Waals surface area contributed by atoms with E-state index in [-0.39, 0.29) is 11.3 Å². The highest BCUT2D eigenvalue weighted by Crippen LogP contribution is 2.27. The fraction of sp³-hybridized carbons (Fsp3) is 0.733. The molecule has 4 heteroatoms. The highest BCUT2D eigenvalue weighted by molar-refractivity contribution is 7.09. The summed E-state index contributed by atoms with van der Waals surface area (Å²) in [6.07, 6.45) is 5.72. The maximum absolute atomic E-state index is 11.8. The first-order chi connectivity index (χ1) is 8.95.